The van der Waals surface area contributed by atoms with E-state index in [-0.39, 0.29) is 6.10 Å². The maximum Gasteiger partial charge on any atom is 0.234 e. The summed E-state index contributed by atoms with van der Waals surface area (Å²) >= 11 is 12.4. The normalized spacial score (nSPS) is 22.1. The van der Waals surface area contributed by atoms with Crippen LogP contribution in [0.3, 0.4) is 0 Å². The molecule has 0 radical (unpaired) electrons. The lowest BCUT2D eigenvalue weighted by Gasteiger charge is -2.31. The molecule has 2 unspecified atom stereocenters. The highest BCUT2D eigenvalue weighted by molar-refractivity contribution is 6.36. The summed E-state index contributed by atoms with van der Waals surface area (Å²) in [6.07, 6.45) is 7.18. The van der Waals surface area contributed by atoms with E-state index >= 15 is 0 Å². The van der Waals surface area contributed by atoms with Crippen LogP contribution in [0.15, 0.2) is 6.07 Å². The number of anilines is 1. The number of hydrogen-bond donors (Lipinski definition) is 1. The van der Waals surface area contributed by atoms with E-state index in [4.69, 9.17) is 27.9 Å². The number of halogens is 2. The Hall–Kier alpha value is -0.670. The summed E-state index contributed by atoms with van der Waals surface area (Å²) in [5.74, 6) is 1.76. The largest absolute Gasteiger partial charge is 0.473 e. The van der Waals surface area contributed by atoms with E-state index in [1.807, 2.05) is 0 Å². The third kappa shape index (κ3) is 4.40. The maximum atomic E-state index is 6.25. The lowest BCUT2D eigenvalue weighted by atomic mass is 9.85. The zero-order chi connectivity index (χ0) is 15.2. The zero-order valence-corrected chi connectivity index (χ0v) is 14.3. The highest BCUT2D eigenvalue weighted by atomic mass is 35.5. The van der Waals surface area contributed by atoms with Gasteiger partial charge in [0.15, 0.2) is 0 Å². The molecule has 1 fully saturated rings. The number of rotatable bonds is 6. The highest BCUT2D eigenvalue weighted by Crippen LogP contribution is 2.35. The molecule has 2 rings (SSSR count). The van der Waals surface area contributed by atoms with Crippen molar-refractivity contribution in [2.75, 3.05) is 11.9 Å². The minimum atomic E-state index is 0.217. The second kappa shape index (κ2) is 8.09. The zero-order valence-electron chi connectivity index (χ0n) is 12.8. The molecule has 0 amide bonds. The summed E-state index contributed by atoms with van der Waals surface area (Å²) in [4.78, 5) is 4.47. The van der Waals surface area contributed by atoms with Crippen molar-refractivity contribution in [3.63, 3.8) is 0 Å². The maximum absolute atomic E-state index is 6.25. The average molecular weight is 331 g/mol. The molecule has 1 N–H and O–H groups in total. The summed E-state index contributed by atoms with van der Waals surface area (Å²) in [6, 6.07) is 1.72. The Labute approximate surface area is 137 Å². The first kappa shape index (κ1) is 16.7. The topological polar surface area (TPSA) is 34.2 Å². The molecule has 21 heavy (non-hydrogen) atoms. The Morgan fingerprint density at radius 1 is 1.24 bits per heavy atom. The number of pyridine rings is 1. The molecule has 118 valence electrons. The minimum absolute atomic E-state index is 0.217. The van der Waals surface area contributed by atoms with Crippen LogP contribution >= 0.6 is 23.2 Å². The van der Waals surface area contributed by atoms with Gasteiger partial charge in [0, 0.05) is 6.54 Å². The van der Waals surface area contributed by atoms with Gasteiger partial charge in [-0.1, -0.05) is 43.5 Å². The van der Waals surface area contributed by atoms with Crippen LogP contribution in [0, 0.1) is 5.92 Å². The van der Waals surface area contributed by atoms with Gasteiger partial charge in [-0.2, -0.15) is 4.98 Å². The molecule has 1 aliphatic carbocycles. The second-order valence-electron chi connectivity index (χ2n) is 5.64. The Morgan fingerprint density at radius 3 is 2.71 bits per heavy atom. The second-order valence-corrected chi connectivity index (χ2v) is 6.46. The first-order valence-corrected chi connectivity index (χ1v) is 8.67. The van der Waals surface area contributed by atoms with Gasteiger partial charge in [0.2, 0.25) is 5.88 Å². The van der Waals surface area contributed by atoms with Gasteiger partial charge in [-0.05, 0) is 44.1 Å². The molecule has 3 nitrogen and oxygen atoms in total. The van der Waals surface area contributed by atoms with E-state index in [1.54, 1.807) is 6.07 Å². The predicted octanol–water partition coefficient (Wildman–Crippen LogP) is 5.56. The molecule has 0 aromatic carbocycles. The van der Waals surface area contributed by atoms with Gasteiger partial charge in [-0.3, -0.25) is 0 Å². The van der Waals surface area contributed by atoms with Crippen molar-refractivity contribution in [3.05, 3.63) is 16.1 Å². The molecule has 2 atom stereocenters. The molecule has 0 aliphatic heterocycles. The molecule has 5 heteroatoms. The number of hydrogen-bond acceptors (Lipinski definition) is 3. The van der Waals surface area contributed by atoms with Crippen molar-refractivity contribution in [2.45, 2.75) is 58.5 Å². The van der Waals surface area contributed by atoms with Gasteiger partial charge < -0.3 is 10.1 Å². The van der Waals surface area contributed by atoms with E-state index < -0.39 is 0 Å². The monoisotopic (exact) mass is 330 g/mol. The fourth-order valence-electron chi connectivity index (χ4n) is 2.84. The first-order chi connectivity index (χ1) is 10.2. The number of ether oxygens (including phenoxy) is 1. The van der Waals surface area contributed by atoms with Gasteiger partial charge in [0.1, 0.15) is 16.9 Å². The number of nitrogens with zero attached hydrogens (tertiary/aromatic N) is 1. The third-order valence-electron chi connectivity index (χ3n) is 4.07. The molecule has 0 bridgehead atoms. The molecule has 0 spiro atoms. The van der Waals surface area contributed by atoms with Crippen LogP contribution in [-0.2, 0) is 0 Å². The molecular formula is C16H24Cl2N2O. The predicted molar refractivity (Wildman–Crippen MR) is 89.7 cm³/mol. The van der Waals surface area contributed by atoms with Crippen LogP contribution in [0.1, 0.15) is 52.4 Å². The molecule has 1 saturated carbocycles. The van der Waals surface area contributed by atoms with Gasteiger partial charge in [-0.25, -0.2) is 0 Å². The molecular weight excluding hydrogens is 307 g/mol. The molecule has 1 aromatic heterocycles. The average Bonchev–Trinajstić information content (AvgIpc) is 2.49. The number of nitrogens with one attached hydrogen (secondary N) is 1. The van der Waals surface area contributed by atoms with Gasteiger partial charge >= 0.3 is 0 Å². The smallest absolute Gasteiger partial charge is 0.234 e. The first-order valence-electron chi connectivity index (χ1n) is 7.92. The van der Waals surface area contributed by atoms with E-state index in [0.717, 1.165) is 25.8 Å². The summed E-state index contributed by atoms with van der Waals surface area (Å²) in [6.45, 7) is 5.15. The van der Waals surface area contributed by atoms with Crippen molar-refractivity contribution in [1.29, 1.82) is 0 Å². The van der Waals surface area contributed by atoms with Gasteiger partial charge in [0.05, 0.1) is 5.02 Å². The highest BCUT2D eigenvalue weighted by Gasteiger charge is 2.26. The van der Waals surface area contributed by atoms with Gasteiger partial charge in [-0.15, -0.1) is 0 Å². The minimum Gasteiger partial charge on any atom is -0.473 e. The van der Waals surface area contributed by atoms with Crippen LogP contribution < -0.4 is 10.1 Å². The summed E-state index contributed by atoms with van der Waals surface area (Å²) in [7, 11) is 0. The van der Waals surface area contributed by atoms with Gasteiger partial charge in [0.25, 0.3) is 0 Å². The SMILES string of the molecule is CCCNc1nc(OC2CCCCC2CC)c(Cl)cc1Cl. The Kier molecular flexibility index (Phi) is 6.43. The van der Waals surface area contributed by atoms with E-state index in [0.29, 0.717) is 27.7 Å². The Bertz CT molecular complexity index is 468. The van der Waals surface area contributed by atoms with Crippen molar-refractivity contribution in [3.8, 4) is 5.88 Å². The van der Waals surface area contributed by atoms with Crippen molar-refractivity contribution in [2.24, 2.45) is 5.92 Å². The van der Waals surface area contributed by atoms with Crippen molar-refractivity contribution >= 4 is 29.0 Å². The fourth-order valence-corrected chi connectivity index (χ4v) is 3.31. The summed E-state index contributed by atoms with van der Waals surface area (Å²) < 4.78 is 6.12. The summed E-state index contributed by atoms with van der Waals surface area (Å²) in [5, 5.41) is 4.24. The lowest BCUT2D eigenvalue weighted by Crippen LogP contribution is -2.30. The van der Waals surface area contributed by atoms with E-state index in [2.05, 4.69) is 24.1 Å². The molecule has 1 aromatic rings. The van der Waals surface area contributed by atoms with Crippen molar-refractivity contribution in [1.82, 2.24) is 4.98 Å². The van der Waals surface area contributed by atoms with Crippen LogP contribution in [0.2, 0.25) is 10.0 Å². The summed E-state index contributed by atoms with van der Waals surface area (Å²) in [5.41, 5.74) is 0. The standard InChI is InChI=1S/C16H24Cl2N2O/c1-3-9-19-15-12(17)10-13(18)16(20-15)21-14-8-6-5-7-11(14)4-2/h10-11,14H,3-9H2,1-2H3,(H,19,20). The fraction of sp³-hybridized carbons (Fsp3) is 0.688. The lowest BCUT2D eigenvalue weighted by molar-refractivity contribution is 0.0861. The van der Waals surface area contributed by atoms with Crippen LogP contribution in [0.4, 0.5) is 5.82 Å². The van der Waals surface area contributed by atoms with E-state index in [1.165, 1.54) is 19.3 Å². The molecule has 1 heterocycles. The quantitative estimate of drug-likeness (QED) is 0.741. The Morgan fingerprint density at radius 2 is 2.00 bits per heavy atom. The van der Waals surface area contributed by atoms with Crippen LogP contribution in [0.25, 0.3) is 0 Å². The molecule has 0 saturated heterocycles. The van der Waals surface area contributed by atoms with E-state index in [9.17, 15) is 0 Å². The van der Waals surface area contributed by atoms with Crippen molar-refractivity contribution < 1.29 is 4.74 Å². The third-order valence-corrected chi connectivity index (χ3v) is 4.63. The van der Waals surface area contributed by atoms with Crippen LogP contribution in [0.5, 0.6) is 5.88 Å². The Balaban J connectivity index is 2.14. The molecule has 1 aliphatic rings. The van der Waals surface area contributed by atoms with Crippen LogP contribution in [-0.4, -0.2) is 17.6 Å². The number of aromatic nitrogens is 1.